The van der Waals surface area contributed by atoms with Crippen molar-refractivity contribution < 1.29 is 31.9 Å². The van der Waals surface area contributed by atoms with Gasteiger partial charge in [-0.05, 0) is 25.0 Å². The van der Waals surface area contributed by atoms with E-state index in [4.69, 9.17) is 4.74 Å². The van der Waals surface area contributed by atoms with E-state index >= 15 is 0 Å². The number of aromatic amines is 1. The van der Waals surface area contributed by atoms with Gasteiger partial charge in [0.25, 0.3) is 5.92 Å². The Morgan fingerprint density at radius 3 is 2.68 bits per heavy atom. The quantitative estimate of drug-likeness (QED) is 0.389. The Bertz CT molecular complexity index is 1130. The van der Waals surface area contributed by atoms with Crippen molar-refractivity contribution in [1.82, 2.24) is 15.5 Å². The fourth-order valence-corrected chi connectivity index (χ4v) is 3.16. The van der Waals surface area contributed by atoms with Gasteiger partial charge in [0.05, 0.1) is 6.20 Å². The van der Waals surface area contributed by atoms with Crippen molar-refractivity contribution in [3.8, 4) is 11.8 Å². The molecule has 2 amide bonds. The van der Waals surface area contributed by atoms with Gasteiger partial charge in [-0.25, -0.2) is 27.2 Å². The fraction of sp³-hybridized carbons (Fsp3) is 0.350. The normalized spacial score (nSPS) is 20.1. The van der Waals surface area contributed by atoms with E-state index in [1.165, 1.54) is 0 Å². The van der Waals surface area contributed by atoms with E-state index in [1.807, 2.05) is 0 Å². The van der Waals surface area contributed by atoms with Gasteiger partial charge in [-0.3, -0.25) is 5.10 Å². The summed E-state index contributed by atoms with van der Waals surface area (Å²) >= 11 is 0. The predicted octanol–water partition coefficient (Wildman–Crippen LogP) is 3.44. The molecule has 1 aliphatic carbocycles. The Hall–Kier alpha value is -3.55. The number of carbonyl (C=O) groups is 2. The van der Waals surface area contributed by atoms with E-state index in [0.717, 1.165) is 31.2 Å². The molecule has 3 N–H and O–H groups in total. The summed E-state index contributed by atoms with van der Waals surface area (Å²) in [5, 5.41) is 9.95. The lowest BCUT2D eigenvalue weighted by Crippen LogP contribution is -2.59. The van der Waals surface area contributed by atoms with Crippen LogP contribution in [-0.2, 0) is 16.9 Å². The number of carbonyl (C=O) groups excluding carboxylic acids is 2. The highest BCUT2D eigenvalue weighted by molar-refractivity contribution is 5.95. The Morgan fingerprint density at radius 2 is 2.06 bits per heavy atom. The second-order valence-corrected chi connectivity index (χ2v) is 7.42. The van der Waals surface area contributed by atoms with Gasteiger partial charge in [0, 0.05) is 29.7 Å². The van der Waals surface area contributed by atoms with E-state index in [9.17, 15) is 27.2 Å². The van der Waals surface area contributed by atoms with Gasteiger partial charge < -0.3 is 15.4 Å². The third kappa shape index (κ3) is 3.81. The third-order valence-corrected chi connectivity index (χ3v) is 5.00. The molecule has 1 aromatic heterocycles. The highest BCUT2D eigenvalue weighted by Gasteiger charge is 2.55. The summed E-state index contributed by atoms with van der Waals surface area (Å²) in [4.78, 5) is 24.0. The zero-order chi connectivity index (χ0) is 22.4. The van der Waals surface area contributed by atoms with E-state index in [-0.39, 0.29) is 22.7 Å². The summed E-state index contributed by atoms with van der Waals surface area (Å²) in [6.07, 6.45) is 2.31. The van der Waals surface area contributed by atoms with Crippen LogP contribution in [0.25, 0.3) is 0 Å². The number of amides is 2. The van der Waals surface area contributed by atoms with Crippen LogP contribution in [-0.4, -0.2) is 28.1 Å². The van der Waals surface area contributed by atoms with E-state index < -0.39 is 47.4 Å². The molecule has 11 heteroatoms. The molecular formula is C20H16F4N4O3. The van der Waals surface area contributed by atoms with Gasteiger partial charge in [-0.1, -0.05) is 11.8 Å². The number of nitrogens with zero attached hydrogens (tertiary/aromatic N) is 1. The highest BCUT2D eigenvalue weighted by atomic mass is 19.3. The summed E-state index contributed by atoms with van der Waals surface area (Å²) in [5.74, 6) is -1.42. The second kappa shape index (κ2) is 7.30. The number of hydrogen-bond donors (Lipinski definition) is 3. The molecule has 1 aromatic carbocycles. The fourth-order valence-electron chi connectivity index (χ4n) is 3.16. The van der Waals surface area contributed by atoms with Gasteiger partial charge >= 0.3 is 12.0 Å². The Balaban J connectivity index is 1.69. The molecule has 0 spiro atoms. The lowest BCUT2D eigenvalue weighted by Gasteiger charge is -2.40. The van der Waals surface area contributed by atoms with Crippen LogP contribution in [0.3, 0.4) is 0 Å². The summed E-state index contributed by atoms with van der Waals surface area (Å²) in [6.45, 7) is -0.0422. The van der Waals surface area contributed by atoms with E-state index in [0.29, 0.717) is 6.92 Å². The summed E-state index contributed by atoms with van der Waals surface area (Å²) in [6, 6.07) is 0.966. The summed E-state index contributed by atoms with van der Waals surface area (Å²) in [5.41, 5.74) is -3.54. The topological polar surface area (TPSA) is 96.1 Å². The number of halogens is 4. The molecule has 2 aromatic rings. The Kier molecular flexibility index (Phi) is 4.88. The first-order valence-corrected chi connectivity index (χ1v) is 9.29. The number of rotatable bonds is 4. The number of alkyl halides is 2. The lowest BCUT2D eigenvalue weighted by molar-refractivity contribution is -0.0465. The summed E-state index contributed by atoms with van der Waals surface area (Å²) in [7, 11) is 0. The van der Waals surface area contributed by atoms with E-state index in [1.54, 1.807) is 0 Å². The van der Waals surface area contributed by atoms with Crippen LogP contribution in [0.15, 0.2) is 18.3 Å². The van der Waals surface area contributed by atoms with Crippen molar-refractivity contribution in [3.63, 3.8) is 0 Å². The van der Waals surface area contributed by atoms with Crippen molar-refractivity contribution in [2.45, 2.75) is 37.8 Å². The molecule has 1 atom stereocenters. The van der Waals surface area contributed by atoms with Crippen LogP contribution in [0.1, 0.15) is 41.4 Å². The SMILES string of the molecule is CC(F)(F)C1(C#CC2CC2)NC(=O)Nc2cc(COC(=O)c3[nH]ncc3F)c(F)cc21. The predicted molar refractivity (Wildman–Crippen MR) is 99.0 cm³/mol. The molecule has 0 saturated heterocycles. The van der Waals surface area contributed by atoms with Crippen molar-refractivity contribution >= 4 is 17.7 Å². The molecule has 0 bridgehead atoms. The van der Waals surface area contributed by atoms with Gasteiger partial charge in [0.1, 0.15) is 12.4 Å². The Morgan fingerprint density at radius 1 is 1.32 bits per heavy atom. The standard InChI is InChI=1S/C20H16F4N4O3/c1-19(23,24)20(5-4-10-2-3-10)12-7-13(21)11(6-15(12)26-18(30)27-20)9-31-17(29)16-14(22)8-25-28-16/h6-8,10H,2-3,9H2,1H3,(H,25,28)(H2,26,27,30). The van der Waals surface area contributed by atoms with Crippen molar-refractivity contribution in [2.24, 2.45) is 5.92 Å². The first-order chi connectivity index (χ1) is 14.6. The molecule has 1 fully saturated rings. The van der Waals surface area contributed by atoms with Gasteiger partial charge in [-0.2, -0.15) is 5.10 Å². The minimum Gasteiger partial charge on any atom is -0.456 e. The number of urea groups is 1. The van der Waals surface area contributed by atoms with Gasteiger partial charge in [-0.15, -0.1) is 0 Å². The maximum absolute atomic E-state index is 14.8. The number of benzene rings is 1. The van der Waals surface area contributed by atoms with Gasteiger partial charge in [0.15, 0.2) is 17.1 Å². The molecule has 4 rings (SSSR count). The van der Waals surface area contributed by atoms with Crippen LogP contribution < -0.4 is 10.6 Å². The molecule has 162 valence electrons. The monoisotopic (exact) mass is 436 g/mol. The third-order valence-electron chi connectivity index (χ3n) is 5.00. The number of fused-ring (bicyclic) bond motifs is 1. The van der Waals surface area contributed by atoms with Crippen LogP contribution in [0.5, 0.6) is 0 Å². The number of H-pyrrole nitrogens is 1. The minimum atomic E-state index is -3.54. The molecule has 0 radical (unpaired) electrons. The number of nitrogens with one attached hydrogen (secondary N) is 3. The molecule has 31 heavy (non-hydrogen) atoms. The first-order valence-electron chi connectivity index (χ1n) is 9.29. The van der Waals surface area contributed by atoms with Gasteiger partial charge in [0.2, 0.25) is 0 Å². The largest absolute Gasteiger partial charge is 0.456 e. The zero-order valence-corrected chi connectivity index (χ0v) is 16.1. The molecule has 7 nitrogen and oxygen atoms in total. The maximum Gasteiger partial charge on any atom is 0.359 e. The number of hydrogen-bond acceptors (Lipinski definition) is 4. The van der Waals surface area contributed by atoms with Crippen LogP contribution in [0.4, 0.5) is 28.0 Å². The minimum absolute atomic E-state index is 0.0409. The number of ether oxygens (including phenoxy) is 1. The maximum atomic E-state index is 14.8. The average molecular weight is 436 g/mol. The second-order valence-electron chi connectivity index (χ2n) is 7.42. The van der Waals surface area contributed by atoms with Crippen molar-refractivity contribution in [1.29, 1.82) is 0 Å². The highest BCUT2D eigenvalue weighted by Crippen LogP contribution is 2.44. The molecular weight excluding hydrogens is 420 g/mol. The van der Waals surface area contributed by atoms with Crippen LogP contribution in [0, 0.1) is 29.4 Å². The number of anilines is 1. The molecule has 1 aliphatic heterocycles. The summed E-state index contributed by atoms with van der Waals surface area (Å²) < 4.78 is 62.4. The van der Waals surface area contributed by atoms with Crippen molar-refractivity contribution in [3.05, 3.63) is 46.8 Å². The molecule has 2 heterocycles. The zero-order valence-electron chi connectivity index (χ0n) is 16.1. The molecule has 1 saturated carbocycles. The number of aromatic nitrogens is 2. The smallest absolute Gasteiger partial charge is 0.359 e. The number of esters is 1. The van der Waals surface area contributed by atoms with E-state index in [2.05, 4.69) is 32.7 Å². The van der Waals surface area contributed by atoms with Crippen LogP contribution >= 0.6 is 0 Å². The lowest BCUT2D eigenvalue weighted by atomic mass is 9.81. The van der Waals surface area contributed by atoms with Crippen molar-refractivity contribution in [2.75, 3.05) is 5.32 Å². The Labute approximate surface area is 173 Å². The molecule has 1 unspecified atom stereocenters. The average Bonchev–Trinajstić information content (AvgIpc) is 3.42. The van der Waals surface area contributed by atoms with Crippen LogP contribution in [0.2, 0.25) is 0 Å². The first kappa shape index (κ1) is 20.7. The molecule has 2 aliphatic rings.